The summed E-state index contributed by atoms with van der Waals surface area (Å²) >= 11 is 0. The highest BCUT2D eigenvalue weighted by atomic mass is 19.4. The van der Waals surface area contributed by atoms with E-state index in [2.05, 4.69) is 0 Å². The van der Waals surface area contributed by atoms with Gasteiger partial charge >= 0.3 is 6.18 Å². The molecule has 2 rings (SSSR count). The monoisotopic (exact) mass is 288 g/mol. The number of carbonyl (C=O) groups excluding carboxylic acids is 1. The highest BCUT2D eigenvalue weighted by molar-refractivity contribution is 6.00. The molecule has 0 bridgehead atoms. The lowest BCUT2D eigenvalue weighted by atomic mass is 10.1. The SMILES string of the molecule is COC1CCN(C(=O)c2cccc(C(F)(F)F)c2N)C1. The van der Waals surface area contributed by atoms with Crippen LogP contribution in [0.3, 0.4) is 0 Å². The molecule has 4 nitrogen and oxygen atoms in total. The molecule has 1 aliphatic rings. The van der Waals surface area contributed by atoms with E-state index in [-0.39, 0.29) is 11.7 Å². The Morgan fingerprint density at radius 3 is 2.70 bits per heavy atom. The van der Waals surface area contributed by atoms with E-state index in [1.54, 1.807) is 0 Å². The first-order valence-electron chi connectivity index (χ1n) is 6.12. The molecule has 1 heterocycles. The van der Waals surface area contributed by atoms with Crippen molar-refractivity contribution in [2.24, 2.45) is 0 Å². The molecule has 0 aliphatic carbocycles. The maximum absolute atomic E-state index is 12.8. The molecule has 1 aromatic rings. The van der Waals surface area contributed by atoms with Crippen molar-refractivity contribution in [2.75, 3.05) is 25.9 Å². The van der Waals surface area contributed by atoms with E-state index in [0.29, 0.717) is 19.5 Å². The van der Waals surface area contributed by atoms with Crippen LogP contribution in [-0.2, 0) is 10.9 Å². The molecule has 1 amide bonds. The van der Waals surface area contributed by atoms with Crippen molar-refractivity contribution in [1.82, 2.24) is 4.90 Å². The second-order valence-corrected chi connectivity index (χ2v) is 4.66. The number of hydrogen-bond donors (Lipinski definition) is 1. The van der Waals surface area contributed by atoms with Crippen LogP contribution in [0, 0.1) is 0 Å². The van der Waals surface area contributed by atoms with E-state index < -0.39 is 23.3 Å². The van der Waals surface area contributed by atoms with Gasteiger partial charge in [0.05, 0.1) is 22.9 Å². The molecule has 1 saturated heterocycles. The van der Waals surface area contributed by atoms with Gasteiger partial charge in [0.15, 0.2) is 0 Å². The number of para-hydroxylation sites is 1. The third-order valence-electron chi connectivity index (χ3n) is 3.41. The zero-order valence-electron chi connectivity index (χ0n) is 10.9. The number of nitrogens with zero attached hydrogens (tertiary/aromatic N) is 1. The predicted octanol–water partition coefficient (Wildman–Crippen LogP) is 2.15. The second-order valence-electron chi connectivity index (χ2n) is 4.66. The minimum atomic E-state index is -4.57. The second kappa shape index (κ2) is 5.32. The Kier molecular flexibility index (Phi) is 3.89. The summed E-state index contributed by atoms with van der Waals surface area (Å²) in [5.74, 6) is -0.492. The number of ether oxygens (including phenoxy) is 1. The number of nitrogen functional groups attached to an aromatic ring is 1. The molecule has 0 spiro atoms. The van der Waals surface area contributed by atoms with Gasteiger partial charge in [0.1, 0.15) is 0 Å². The van der Waals surface area contributed by atoms with E-state index in [1.807, 2.05) is 0 Å². The number of amides is 1. The summed E-state index contributed by atoms with van der Waals surface area (Å²) < 4.78 is 43.4. The van der Waals surface area contributed by atoms with Gasteiger partial charge in [0.25, 0.3) is 5.91 Å². The zero-order chi connectivity index (χ0) is 14.9. The molecule has 1 unspecified atom stereocenters. The first-order chi connectivity index (χ1) is 9.34. The van der Waals surface area contributed by atoms with Crippen molar-refractivity contribution < 1.29 is 22.7 Å². The van der Waals surface area contributed by atoms with Gasteiger partial charge in [-0.3, -0.25) is 4.79 Å². The molecule has 1 fully saturated rings. The Bertz CT molecular complexity index is 517. The van der Waals surface area contributed by atoms with Crippen molar-refractivity contribution in [1.29, 1.82) is 0 Å². The Morgan fingerprint density at radius 1 is 1.45 bits per heavy atom. The Balaban J connectivity index is 2.28. The first-order valence-corrected chi connectivity index (χ1v) is 6.12. The summed E-state index contributed by atoms with van der Waals surface area (Å²) in [5, 5.41) is 0. The van der Waals surface area contributed by atoms with Crippen LogP contribution in [0.1, 0.15) is 22.3 Å². The van der Waals surface area contributed by atoms with Gasteiger partial charge < -0.3 is 15.4 Å². The lowest BCUT2D eigenvalue weighted by molar-refractivity contribution is -0.136. The number of alkyl halides is 3. The Hall–Kier alpha value is -1.76. The summed E-state index contributed by atoms with van der Waals surface area (Å²) in [6, 6.07) is 3.37. The largest absolute Gasteiger partial charge is 0.418 e. The van der Waals surface area contributed by atoms with Crippen molar-refractivity contribution in [3.8, 4) is 0 Å². The van der Waals surface area contributed by atoms with Gasteiger partial charge in [0, 0.05) is 20.2 Å². The number of likely N-dealkylation sites (tertiary alicyclic amines) is 1. The smallest absolute Gasteiger partial charge is 0.398 e. The van der Waals surface area contributed by atoms with Crippen LogP contribution in [-0.4, -0.2) is 37.1 Å². The zero-order valence-corrected chi connectivity index (χ0v) is 10.9. The van der Waals surface area contributed by atoms with Gasteiger partial charge in [-0.25, -0.2) is 0 Å². The van der Waals surface area contributed by atoms with Gasteiger partial charge in [0.2, 0.25) is 0 Å². The van der Waals surface area contributed by atoms with Crippen LogP contribution in [0.4, 0.5) is 18.9 Å². The number of methoxy groups -OCH3 is 1. The predicted molar refractivity (Wildman–Crippen MR) is 67.2 cm³/mol. The molecule has 0 radical (unpaired) electrons. The Labute approximate surface area is 114 Å². The average molecular weight is 288 g/mol. The highest BCUT2D eigenvalue weighted by Crippen LogP contribution is 2.35. The minimum absolute atomic E-state index is 0.0778. The van der Waals surface area contributed by atoms with Crippen LogP contribution in [0.15, 0.2) is 18.2 Å². The number of halogens is 3. The fraction of sp³-hybridized carbons (Fsp3) is 0.462. The number of carbonyl (C=O) groups is 1. The number of nitrogens with two attached hydrogens (primary N) is 1. The van der Waals surface area contributed by atoms with E-state index in [0.717, 1.165) is 6.07 Å². The molecule has 0 aromatic heterocycles. The molecule has 20 heavy (non-hydrogen) atoms. The standard InChI is InChI=1S/C13H15F3N2O2/c1-20-8-5-6-18(7-8)12(19)9-3-2-4-10(11(9)17)13(14,15)16/h2-4,8H,5-7,17H2,1H3. The number of benzene rings is 1. The summed E-state index contributed by atoms with van der Waals surface area (Å²) in [6.07, 6.45) is -3.98. The fourth-order valence-corrected chi connectivity index (χ4v) is 2.27. The fourth-order valence-electron chi connectivity index (χ4n) is 2.27. The summed E-state index contributed by atoms with van der Waals surface area (Å²) in [4.78, 5) is 13.7. The minimum Gasteiger partial charge on any atom is -0.398 e. The maximum Gasteiger partial charge on any atom is 0.418 e. The molecule has 1 atom stereocenters. The normalized spacial score (nSPS) is 19.4. The van der Waals surface area contributed by atoms with E-state index >= 15 is 0 Å². The quantitative estimate of drug-likeness (QED) is 0.848. The summed E-state index contributed by atoms with van der Waals surface area (Å²) in [7, 11) is 1.54. The van der Waals surface area contributed by atoms with E-state index in [1.165, 1.54) is 24.1 Å². The lowest BCUT2D eigenvalue weighted by Gasteiger charge is -2.19. The van der Waals surface area contributed by atoms with E-state index in [4.69, 9.17) is 10.5 Å². The number of anilines is 1. The third kappa shape index (κ3) is 2.72. The molecular weight excluding hydrogens is 273 g/mol. The van der Waals surface area contributed by atoms with Gasteiger partial charge in [-0.2, -0.15) is 13.2 Å². The van der Waals surface area contributed by atoms with Crippen molar-refractivity contribution in [3.05, 3.63) is 29.3 Å². The Morgan fingerprint density at radius 2 is 2.15 bits per heavy atom. The number of hydrogen-bond acceptors (Lipinski definition) is 3. The molecule has 0 saturated carbocycles. The van der Waals surface area contributed by atoms with Gasteiger partial charge in [-0.15, -0.1) is 0 Å². The topological polar surface area (TPSA) is 55.6 Å². The van der Waals surface area contributed by atoms with Crippen LogP contribution in [0.25, 0.3) is 0 Å². The highest BCUT2D eigenvalue weighted by Gasteiger charge is 2.35. The molecule has 1 aromatic carbocycles. The molecular formula is C13H15F3N2O2. The third-order valence-corrected chi connectivity index (χ3v) is 3.41. The lowest BCUT2D eigenvalue weighted by Crippen LogP contribution is -2.31. The number of rotatable bonds is 2. The molecule has 7 heteroatoms. The van der Waals surface area contributed by atoms with Gasteiger partial charge in [-0.1, -0.05) is 6.07 Å². The molecule has 110 valence electrons. The first kappa shape index (κ1) is 14.6. The summed E-state index contributed by atoms with van der Waals surface area (Å²) in [6.45, 7) is 0.818. The van der Waals surface area contributed by atoms with Crippen LogP contribution >= 0.6 is 0 Å². The van der Waals surface area contributed by atoms with Gasteiger partial charge in [-0.05, 0) is 18.6 Å². The average Bonchev–Trinajstić information content (AvgIpc) is 2.85. The van der Waals surface area contributed by atoms with Crippen LogP contribution < -0.4 is 5.73 Å². The van der Waals surface area contributed by atoms with E-state index in [9.17, 15) is 18.0 Å². The summed E-state index contributed by atoms with van der Waals surface area (Å²) in [5.41, 5.74) is 3.89. The van der Waals surface area contributed by atoms with Crippen LogP contribution in [0.2, 0.25) is 0 Å². The molecule has 2 N–H and O–H groups in total. The van der Waals surface area contributed by atoms with Crippen LogP contribution in [0.5, 0.6) is 0 Å². The van der Waals surface area contributed by atoms with Crippen molar-refractivity contribution >= 4 is 11.6 Å². The van der Waals surface area contributed by atoms with Crippen molar-refractivity contribution in [2.45, 2.75) is 18.7 Å². The molecule has 1 aliphatic heterocycles. The van der Waals surface area contributed by atoms with Crippen molar-refractivity contribution in [3.63, 3.8) is 0 Å². The maximum atomic E-state index is 12.8.